The lowest BCUT2D eigenvalue weighted by molar-refractivity contribution is 0.293. The van der Waals surface area contributed by atoms with Crippen LogP contribution in [0.25, 0.3) is 16.3 Å². The number of fused-ring (bicyclic) bond motifs is 1. The first-order valence-electron chi connectivity index (χ1n) is 9.46. The smallest absolute Gasteiger partial charge is 0.256 e. The molecule has 2 heterocycles. The van der Waals surface area contributed by atoms with Crippen LogP contribution in [0.4, 0.5) is 4.39 Å². The van der Waals surface area contributed by atoms with Gasteiger partial charge in [-0.2, -0.15) is 0 Å². The highest BCUT2D eigenvalue weighted by Crippen LogP contribution is 2.26. The van der Waals surface area contributed by atoms with E-state index in [9.17, 15) is 9.18 Å². The minimum absolute atomic E-state index is 0.213. The number of nitrogens with one attached hydrogen (secondary N) is 1. The van der Waals surface area contributed by atoms with Crippen molar-refractivity contribution in [1.82, 2.24) is 9.88 Å². The first-order valence-corrected chi connectivity index (χ1v) is 9.46. The number of aromatic nitrogens is 1. The van der Waals surface area contributed by atoms with E-state index >= 15 is 0 Å². The van der Waals surface area contributed by atoms with Crippen LogP contribution in [0.5, 0.6) is 0 Å². The van der Waals surface area contributed by atoms with E-state index in [1.165, 1.54) is 23.3 Å². The van der Waals surface area contributed by atoms with Crippen LogP contribution in [0, 0.1) is 5.82 Å². The fraction of sp³-hybridized carbons (Fsp3) is 0.261. The van der Waals surface area contributed by atoms with Gasteiger partial charge < -0.3 is 4.98 Å². The van der Waals surface area contributed by atoms with Crippen LogP contribution < -0.4 is 5.56 Å². The third-order valence-corrected chi connectivity index (χ3v) is 5.35. The summed E-state index contributed by atoms with van der Waals surface area (Å²) in [5.41, 5.74) is 4.50. The normalized spacial score (nSPS) is 15.1. The van der Waals surface area contributed by atoms with E-state index in [2.05, 4.69) is 40.2 Å². The van der Waals surface area contributed by atoms with Crippen LogP contribution in [0.15, 0.2) is 59.4 Å². The predicted molar refractivity (Wildman–Crippen MR) is 108 cm³/mol. The van der Waals surface area contributed by atoms with Gasteiger partial charge in [0.25, 0.3) is 5.56 Å². The molecule has 0 saturated heterocycles. The van der Waals surface area contributed by atoms with Crippen molar-refractivity contribution >= 4 is 16.3 Å². The van der Waals surface area contributed by atoms with Gasteiger partial charge in [-0.3, -0.25) is 9.69 Å². The summed E-state index contributed by atoms with van der Waals surface area (Å²) < 4.78 is 13.6. The first kappa shape index (κ1) is 17.7. The molecule has 1 aromatic heterocycles. The number of halogens is 1. The molecule has 0 amide bonds. The number of aryl methyl sites for hydroxylation is 1. The lowest BCUT2D eigenvalue weighted by Gasteiger charge is -2.27. The van der Waals surface area contributed by atoms with E-state index in [-0.39, 0.29) is 11.4 Å². The second-order valence-electron chi connectivity index (χ2n) is 7.04. The summed E-state index contributed by atoms with van der Waals surface area (Å²) in [7, 11) is 0. The fourth-order valence-electron chi connectivity index (χ4n) is 3.89. The summed E-state index contributed by atoms with van der Waals surface area (Å²) in [6, 6.07) is 15.0. The zero-order valence-corrected chi connectivity index (χ0v) is 15.5. The highest BCUT2D eigenvalue weighted by atomic mass is 19.1. The Bertz CT molecular complexity index is 1050. The minimum atomic E-state index is -0.378. The largest absolute Gasteiger partial charge is 0.325 e. The quantitative estimate of drug-likeness (QED) is 0.741. The number of pyridine rings is 1. The number of H-pyrrole nitrogens is 1. The maximum atomic E-state index is 13.6. The summed E-state index contributed by atoms with van der Waals surface area (Å²) >= 11 is 0. The van der Waals surface area contributed by atoms with Gasteiger partial charge in [0.2, 0.25) is 0 Å². The van der Waals surface area contributed by atoms with Crippen LogP contribution in [-0.4, -0.2) is 23.0 Å². The van der Waals surface area contributed by atoms with E-state index in [1.54, 1.807) is 6.07 Å². The van der Waals surface area contributed by atoms with Crippen molar-refractivity contribution in [1.29, 1.82) is 0 Å². The number of rotatable bonds is 4. The third kappa shape index (κ3) is 3.58. The molecule has 2 aromatic carbocycles. The van der Waals surface area contributed by atoms with Gasteiger partial charge in [0.1, 0.15) is 5.82 Å². The maximum Gasteiger partial charge on any atom is 0.256 e. The molecule has 3 nitrogen and oxygen atoms in total. The molecule has 0 spiro atoms. The molecule has 27 heavy (non-hydrogen) atoms. The van der Waals surface area contributed by atoms with Crippen molar-refractivity contribution in [3.63, 3.8) is 0 Å². The standard InChI is InChI=1S/C23H23FN2O/c1-2-22-21(19-9-8-18(24)14-20(19)23(27)25-22)15-26-12-10-17(11-13-26)16-6-4-3-5-7-16/h3-10,14H,2,11-13,15H2,1H3,(H,25,27). The molecule has 0 bridgehead atoms. The van der Waals surface area contributed by atoms with Crippen LogP contribution in [0.1, 0.15) is 30.2 Å². The highest BCUT2D eigenvalue weighted by Gasteiger charge is 2.17. The summed E-state index contributed by atoms with van der Waals surface area (Å²) in [4.78, 5) is 17.6. The maximum absolute atomic E-state index is 13.6. The highest BCUT2D eigenvalue weighted by molar-refractivity contribution is 5.85. The number of hydrogen-bond donors (Lipinski definition) is 1. The van der Waals surface area contributed by atoms with Crippen molar-refractivity contribution in [2.45, 2.75) is 26.3 Å². The van der Waals surface area contributed by atoms with Gasteiger partial charge >= 0.3 is 0 Å². The second-order valence-corrected chi connectivity index (χ2v) is 7.04. The molecule has 138 valence electrons. The number of hydrogen-bond acceptors (Lipinski definition) is 2. The van der Waals surface area contributed by atoms with E-state index in [4.69, 9.17) is 0 Å². The van der Waals surface area contributed by atoms with Gasteiger partial charge in [-0.15, -0.1) is 0 Å². The van der Waals surface area contributed by atoms with E-state index < -0.39 is 0 Å². The average Bonchev–Trinajstić information content (AvgIpc) is 2.71. The average molecular weight is 362 g/mol. The Morgan fingerprint density at radius 1 is 1.11 bits per heavy atom. The molecule has 0 saturated carbocycles. The summed E-state index contributed by atoms with van der Waals surface area (Å²) in [6.07, 6.45) is 4.04. The SMILES string of the molecule is CCc1[nH]c(=O)c2cc(F)ccc2c1CN1CC=C(c2ccccc2)CC1. The van der Waals surface area contributed by atoms with Gasteiger partial charge in [-0.1, -0.05) is 49.4 Å². The molecule has 4 rings (SSSR count). The molecule has 1 aliphatic heterocycles. The Morgan fingerprint density at radius 2 is 1.93 bits per heavy atom. The first-order chi connectivity index (χ1) is 13.2. The zero-order chi connectivity index (χ0) is 18.8. The molecule has 4 heteroatoms. The van der Waals surface area contributed by atoms with Gasteiger partial charge in [0.15, 0.2) is 0 Å². The Morgan fingerprint density at radius 3 is 2.63 bits per heavy atom. The van der Waals surface area contributed by atoms with E-state index in [0.717, 1.165) is 49.1 Å². The van der Waals surface area contributed by atoms with Crippen molar-refractivity contribution in [3.8, 4) is 0 Å². The minimum Gasteiger partial charge on any atom is -0.325 e. The summed E-state index contributed by atoms with van der Waals surface area (Å²) in [5, 5.41) is 1.29. The lowest BCUT2D eigenvalue weighted by atomic mass is 9.98. The predicted octanol–water partition coefficient (Wildman–Crippen LogP) is 4.52. The Kier molecular flexibility index (Phi) is 4.90. The van der Waals surface area contributed by atoms with Gasteiger partial charge in [-0.05, 0) is 47.1 Å². The molecule has 3 aromatic rings. The van der Waals surface area contributed by atoms with Crippen LogP contribution >= 0.6 is 0 Å². The Balaban J connectivity index is 1.64. The summed E-state index contributed by atoms with van der Waals surface area (Å²) in [5.74, 6) is -0.378. The van der Waals surface area contributed by atoms with E-state index in [1.807, 2.05) is 13.0 Å². The second kappa shape index (κ2) is 7.49. The number of benzene rings is 2. The third-order valence-electron chi connectivity index (χ3n) is 5.35. The topological polar surface area (TPSA) is 36.1 Å². The van der Waals surface area contributed by atoms with Gasteiger partial charge in [0, 0.05) is 25.3 Å². The molecule has 0 atom stereocenters. The van der Waals surface area contributed by atoms with Gasteiger partial charge in [-0.25, -0.2) is 4.39 Å². The van der Waals surface area contributed by atoms with Gasteiger partial charge in [0.05, 0.1) is 5.39 Å². The molecule has 1 N–H and O–H groups in total. The number of aromatic amines is 1. The fourth-order valence-corrected chi connectivity index (χ4v) is 3.89. The number of nitrogens with zero attached hydrogens (tertiary/aromatic N) is 1. The zero-order valence-electron chi connectivity index (χ0n) is 15.5. The van der Waals surface area contributed by atoms with Crippen LogP contribution in [0.3, 0.4) is 0 Å². The van der Waals surface area contributed by atoms with Crippen LogP contribution in [0.2, 0.25) is 0 Å². The lowest BCUT2D eigenvalue weighted by Crippen LogP contribution is -2.29. The Hall–Kier alpha value is -2.72. The molecule has 1 aliphatic rings. The molecule has 0 aliphatic carbocycles. The van der Waals surface area contributed by atoms with E-state index in [0.29, 0.717) is 5.39 Å². The monoisotopic (exact) mass is 362 g/mol. The van der Waals surface area contributed by atoms with Crippen molar-refractivity contribution in [3.05, 3.63) is 87.6 Å². The van der Waals surface area contributed by atoms with Crippen molar-refractivity contribution in [2.75, 3.05) is 13.1 Å². The molecule has 0 unspecified atom stereocenters. The van der Waals surface area contributed by atoms with Crippen molar-refractivity contribution < 1.29 is 4.39 Å². The molecular formula is C23H23FN2O. The van der Waals surface area contributed by atoms with Crippen LogP contribution in [-0.2, 0) is 13.0 Å². The molecular weight excluding hydrogens is 339 g/mol. The molecule has 0 fully saturated rings. The van der Waals surface area contributed by atoms with Crippen molar-refractivity contribution in [2.24, 2.45) is 0 Å². The molecule has 0 radical (unpaired) electrons. The Labute approximate surface area is 158 Å². The summed E-state index contributed by atoms with van der Waals surface area (Å²) in [6.45, 7) is 4.62.